The first-order chi connectivity index (χ1) is 27.2. The van der Waals surface area contributed by atoms with Crippen LogP contribution in [0.4, 0.5) is 0 Å². The lowest BCUT2D eigenvalue weighted by Gasteiger charge is -2.33. The van der Waals surface area contributed by atoms with Gasteiger partial charge >= 0.3 is 0 Å². The second-order valence-electron chi connectivity index (χ2n) is 19.9. The Morgan fingerprint density at radius 3 is 1.72 bits per heavy atom. The molecule has 2 aromatic heterocycles. The summed E-state index contributed by atoms with van der Waals surface area (Å²) >= 11 is 1.93. The summed E-state index contributed by atoms with van der Waals surface area (Å²) in [4.78, 5) is 1.63. The molecule has 0 bridgehead atoms. The van der Waals surface area contributed by atoms with Crippen molar-refractivity contribution < 1.29 is 4.42 Å². The maximum Gasteiger partial charge on any atom is 0.112 e. The maximum atomic E-state index is 5.47. The van der Waals surface area contributed by atoms with Gasteiger partial charge < -0.3 is 4.42 Å². The number of benzene rings is 4. The van der Waals surface area contributed by atoms with Gasteiger partial charge in [-0.2, -0.15) is 0 Å². The zero-order valence-electron chi connectivity index (χ0n) is 37.2. The van der Waals surface area contributed by atoms with E-state index < -0.39 is 0 Å². The van der Waals surface area contributed by atoms with Crippen LogP contribution in [-0.2, 0) is 47.3 Å². The molecule has 0 unspecified atom stereocenters. The molecule has 57 heavy (non-hydrogen) atoms. The van der Waals surface area contributed by atoms with Gasteiger partial charge in [0.2, 0.25) is 0 Å². The van der Waals surface area contributed by atoms with Crippen LogP contribution in [0, 0.1) is 0 Å². The summed E-state index contributed by atoms with van der Waals surface area (Å²) in [5, 5.41) is 7.86. The van der Waals surface area contributed by atoms with Crippen molar-refractivity contribution in [3.05, 3.63) is 141 Å². The van der Waals surface area contributed by atoms with Gasteiger partial charge in [-0.05, 0) is 166 Å². The van der Waals surface area contributed by atoms with Crippen LogP contribution < -0.4 is 0 Å². The number of thiophene rings is 1. The fourth-order valence-corrected chi connectivity index (χ4v) is 11.2. The molecule has 0 atom stereocenters. The molecule has 2 heteroatoms. The zero-order valence-corrected chi connectivity index (χ0v) is 38.1. The van der Waals surface area contributed by atoms with Crippen molar-refractivity contribution >= 4 is 32.9 Å². The van der Waals surface area contributed by atoms with Crippen LogP contribution in [-0.4, -0.2) is 0 Å². The van der Waals surface area contributed by atoms with E-state index in [9.17, 15) is 0 Å². The van der Waals surface area contributed by atoms with Crippen molar-refractivity contribution in [1.82, 2.24) is 0 Å². The van der Waals surface area contributed by atoms with E-state index in [0.29, 0.717) is 16.2 Å². The molecule has 2 heterocycles. The Kier molecular flexibility index (Phi) is 13.7. The first-order valence-corrected chi connectivity index (χ1v) is 23.2. The highest BCUT2D eigenvalue weighted by Gasteiger charge is 2.31. The number of hydrogen-bond donors (Lipinski definition) is 0. The van der Waals surface area contributed by atoms with Crippen molar-refractivity contribution in [1.29, 1.82) is 0 Å². The molecule has 0 spiro atoms. The molecule has 1 nitrogen and oxygen atoms in total. The van der Waals surface area contributed by atoms with Crippen LogP contribution >= 0.6 is 11.3 Å². The van der Waals surface area contributed by atoms with Crippen LogP contribution in [0.1, 0.15) is 171 Å². The van der Waals surface area contributed by atoms with Gasteiger partial charge in [-0.25, -0.2) is 0 Å². The first kappa shape index (κ1) is 43.0. The monoisotopic (exact) mass is 781 g/mol. The summed E-state index contributed by atoms with van der Waals surface area (Å²) in [6.07, 6.45) is 18.7. The average Bonchev–Trinajstić information content (AvgIpc) is 3.87. The quantitative estimate of drug-likeness (QED) is 0.150. The molecule has 0 N–H and O–H groups in total. The van der Waals surface area contributed by atoms with Gasteiger partial charge in [0.1, 0.15) is 5.76 Å². The average molecular weight is 781 g/mol. The summed E-state index contributed by atoms with van der Waals surface area (Å²) in [6, 6.07) is 31.3. The summed E-state index contributed by atoms with van der Waals surface area (Å²) in [7, 11) is 0. The largest absolute Gasteiger partial charge is 0.468 e. The van der Waals surface area contributed by atoms with Crippen molar-refractivity contribution in [2.24, 2.45) is 0 Å². The predicted octanol–water partition coefficient (Wildman–Crippen LogP) is 16.6. The Morgan fingerprint density at radius 1 is 0.509 bits per heavy atom. The molecule has 4 aliphatic rings. The molecular weight excluding hydrogens is 709 g/mol. The molecule has 0 amide bonds. The fraction of sp³-hybridized carbons (Fsp3) is 0.491. The van der Waals surface area contributed by atoms with E-state index in [4.69, 9.17) is 4.42 Å². The van der Waals surface area contributed by atoms with Gasteiger partial charge in [-0.1, -0.05) is 148 Å². The molecule has 0 aliphatic heterocycles. The number of rotatable bonds is 0. The van der Waals surface area contributed by atoms with Gasteiger partial charge in [0, 0.05) is 10.3 Å². The smallest absolute Gasteiger partial charge is 0.112 e. The minimum Gasteiger partial charge on any atom is -0.468 e. The van der Waals surface area contributed by atoms with E-state index in [1.807, 2.05) is 17.6 Å². The molecule has 304 valence electrons. The van der Waals surface area contributed by atoms with E-state index in [2.05, 4.69) is 160 Å². The lowest BCUT2D eigenvalue weighted by Crippen LogP contribution is -2.24. The van der Waals surface area contributed by atoms with E-state index in [1.165, 1.54) is 116 Å². The third-order valence-electron chi connectivity index (χ3n) is 13.1. The second-order valence-corrected chi connectivity index (χ2v) is 20.8. The normalized spacial score (nSPS) is 18.8. The molecule has 10 rings (SSSR count). The lowest BCUT2D eigenvalue weighted by molar-refractivity contribution is 0.335. The van der Waals surface area contributed by atoms with Gasteiger partial charge in [0.15, 0.2) is 0 Å². The highest BCUT2D eigenvalue weighted by atomic mass is 32.1. The van der Waals surface area contributed by atoms with Gasteiger partial charge in [0.05, 0.1) is 6.26 Å². The Morgan fingerprint density at radius 2 is 1.05 bits per heavy atom. The van der Waals surface area contributed by atoms with Crippen molar-refractivity contribution in [3.63, 3.8) is 0 Å². The first-order valence-electron chi connectivity index (χ1n) is 22.3. The van der Waals surface area contributed by atoms with E-state index in [-0.39, 0.29) is 5.41 Å². The van der Waals surface area contributed by atoms with Crippen molar-refractivity contribution in [2.45, 2.75) is 174 Å². The van der Waals surface area contributed by atoms with Crippen LogP contribution in [0.15, 0.2) is 101 Å². The molecule has 4 aromatic carbocycles. The maximum absolute atomic E-state index is 5.47. The number of hydrogen-bond acceptors (Lipinski definition) is 2. The predicted molar refractivity (Wildman–Crippen MR) is 251 cm³/mol. The van der Waals surface area contributed by atoms with Gasteiger partial charge in [-0.3, -0.25) is 0 Å². The Labute approximate surface area is 350 Å². The minimum atomic E-state index is 0.275. The highest BCUT2D eigenvalue weighted by Crippen LogP contribution is 2.42. The lowest BCUT2D eigenvalue weighted by atomic mass is 9.71. The Bertz CT molecular complexity index is 2150. The Balaban J connectivity index is 0.000000127. The number of fused-ring (bicyclic) bond motifs is 7. The zero-order chi connectivity index (χ0) is 40.8. The molecule has 0 radical (unpaired) electrons. The van der Waals surface area contributed by atoms with E-state index in [0.717, 1.165) is 0 Å². The summed E-state index contributed by atoms with van der Waals surface area (Å²) < 4.78 is 5.47. The minimum absolute atomic E-state index is 0.275. The van der Waals surface area contributed by atoms with Crippen LogP contribution in [0.5, 0.6) is 0 Å². The second kappa shape index (κ2) is 18.1. The number of aryl methyl sites for hydroxylation is 4. The molecular formula is C55H72OS. The molecule has 0 fully saturated rings. The fourth-order valence-electron chi connectivity index (χ4n) is 10.1. The van der Waals surface area contributed by atoms with Gasteiger partial charge in [-0.15, -0.1) is 11.3 Å². The summed E-state index contributed by atoms with van der Waals surface area (Å²) in [6.45, 7) is 23.0. The summed E-state index contributed by atoms with van der Waals surface area (Å²) in [5.74, 6) is 1.21. The van der Waals surface area contributed by atoms with Crippen LogP contribution in [0.2, 0.25) is 0 Å². The highest BCUT2D eigenvalue weighted by molar-refractivity contribution is 7.10. The SMILES string of the molecule is CC1(C)CCCc2cc3ccccc3cc21.CC1(C)CCCc2ccc3ccccc3c21.CC1(C)CCCc2ccoc21.CC1(C)CCCc2ccsc21.CCC. The molecule has 0 saturated heterocycles. The molecule has 6 aromatic rings. The standard InChI is InChI=1S/2C16H18.C10H14O.C10H14S.C3H8/c1-16(2)11-5-7-13-10-9-12-6-3-4-8-14(12)15(13)16;1-16(2)9-5-8-14-10-12-6-3-4-7-13(12)11-15(14)16;2*1-10(2)6-3-4-8-5-7-11-9(8)10;1-3-2/h3-4,6,8-10H,5,7,11H2,1-2H3;3-4,6-7,10-11H,5,8-9H2,1-2H3;2*5,7H,3-4,6H2,1-2H3;3H2,1-2H3. The third kappa shape index (κ3) is 9.99. The van der Waals surface area contributed by atoms with E-state index >= 15 is 0 Å². The van der Waals surface area contributed by atoms with E-state index in [1.54, 1.807) is 32.7 Å². The van der Waals surface area contributed by atoms with Crippen LogP contribution in [0.25, 0.3) is 21.5 Å². The van der Waals surface area contributed by atoms with Gasteiger partial charge in [0.25, 0.3) is 0 Å². The van der Waals surface area contributed by atoms with Crippen molar-refractivity contribution in [3.8, 4) is 0 Å². The topological polar surface area (TPSA) is 13.1 Å². The molecule has 0 saturated carbocycles. The van der Waals surface area contributed by atoms with Crippen LogP contribution in [0.3, 0.4) is 0 Å². The summed E-state index contributed by atoms with van der Waals surface area (Å²) in [5.41, 5.74) is 10.7. The molecule has 4 aliphatic carbocycles. The number of furan rings is 1. The Hall–Kier alpha value is -3.62. The third-order valence-corrected chi connectivity index (χ3v) is 14.4. The van der Waals surface area contributed by atoms with Crippen molar-refractivity contribution in [2.75, 3.05) is 0 Å².